The minimum Gasteiger partial charge on any atom is -0.232 e. The van der Waals surface area contributed by atoms with E-state index in [0.717, 1.165) is 11.8 Å². The highest BCUT2D eigenvalue weighted by molar-refractivity contribution is 7.90. The number of benzene rings is 3. The van der Waals surface area contributed by atoms with Crippen LogP contribution in [0.15, 0.2) is 83.8 Å². The fourth-order valence-corrected chi connectivity index (χ4v) is 4.54. The monoisotopic (exact) mass is 498 g/mol. The van der Waals surface area contributed by atoms with Crippen LogP contribution in [0.3, 0.4) is 0 Å². The molecule has 4 aromatic rings. The standard InChI is InChI=1S/C27H25F3N2O2S/c1-26(2,3)20-14-10-18(11-15-20)23-24(19-12-16-22(17-13-19)35(4,33)34)32(21-8-6-5-7-9-21)31-25(23)27(28,29)30/h5-17H,1-4H3. The molecule has 0 fully saturated rings. The fourth-order valence-electron chi connectivity index (χ4n) is 3.91. The van der Waals surface area contributed by atoms with Gasteiger partial charge in [-0.2, -0.15) is 18.3 Å². The van der Waals surface area contributed by atoms with E-state index in [0.29, 0.717) is 16.8 Å². The van der Waals surface area contributed by atoms with E-state index in [1.165, 1.54) is 28.9 Å². The van der Waals surface area contributed by atoms with Crippen molar-refractivity contribution in [3.63, 3.8) is 0 Å². The SMILES string of the molecule is CC(C)(C)c1ccc(-c2c(C(F)(F)F)nn(-c3ccccc3)c2-c2ccc(S(C)(=O)=O)cc2)cc1. The van der Waals surface area contributed by atoms with Gasteiger partial charge in [-0.25, -0.2) is 13.1 Å². The second-order valence-electron chi connectivity index (χ2n) is 9.44. The Morgan fingerprint density at radius 1 is 0.771 bits per heavy atom. The Bertz CT molecular complexity index is 1450. The van der Waals surface area contributed by atoms with Crippen LogP contribution in [0.4, 0.5) is 13.2 Å². The van der Waals surface area contributed by atoms with Crippen LogP contribution in [0.2, 0.25) is 0 Å². The summed E-state index contributed by atoms with van der Waals surface area (Å²) in [7, 11) is -3.47. The molecular weight excluding hydrogens is 473 g/mol. The van der Waals surface area contributed by atoms with Crippen LogP contribution in [0, 0.1) is 0 Å². The Kier molecular flexibility index (Phi) is 6.13. The van der Waals surface area contributed by atoms with Gasteiger partial charge in [0.1, 0.15) is 0 Å². The van der Waals surface area contributed by atoms with Crippen molar-refractivity contribution < 1.29 is 21.6 Å². The van der Waals surface area contributed by atoms with Gasteiger partial charge in [0.25, 0.3) is 0 Å². The molecular formula is C27H25F3N2O2S. The van der Waals surface area contributed by atoms with Gasteiger partial charge in [0.05, 0.1) is 16.3 Å². The van der Waals surface area contributed by atoms with Crippen molar-refractivity contribution in [2.75, 3.05) is 6.26 Å². The maximum absolute atomic E-state index is 14.3. The fraction of sp³-hybridized carbons (Fsp3) is 0.222. The van der Waals surface area contributed by atoms with E-state index >= 15 is 0 Å². The second-order valence-corrected chi connectivity index (χ2v) is 11.5. The molecule has 0 aliphatic rings. The van der Waals surface area contributed by atoms with E-state index in [1.54, 1.807) is 42.5 Å². The first kappa shape index (κ1) is 24.7. The Morgan fingerprint density at radius 3 is 1.80 bits per heavy atom. The molecule has 0 aliphatic heterocycles. The summed E-state index contributed by atoms with van der Waals surface area (Å²) in [6.45, 7) is 6.10. The van der Waals surface area contributed by atoms with Crippen LogP contribution in [0.1, 0.15) is 32.0 Å². The largest absolute Gasteiger partial charge is 0.435 e. The van der Waals surface area contributed by atoms with Crippen LogP contribution in [-0.2, 0) is 21.4 Å². The van der Waals surface area contributed by atoms with Gasteiger partial charge in [0, 0.05) is 17.4 Å². The summed E-state index contributed by atoms with van der Waals surface area (Å²) in [6, 6.07) is 21.4. The number of halogens is 3. The third-order valence-electron chi connectivity index (χ3n) is 5.75. The first-order valence-corrected chi connectivity index (χ1v) is 12.8. The number of para-hydroxylation sites is 1. The van der Waals surface area contributed by atoms with Crippen molar-refractivity contribution in [3.05, 3.63) is 90.1 Å². The Hall–Kier alpha value is -3.39. The predicted octanol–water partition coefficient (Wildman–Crippen LogP) is 6.93. The lowest BCUT2D eigenvalue weighted by Crippen LogP contribution is -2.11. The summed E-state index contributed by atoms with van der Waals surface area (Å²) in [6.07, 6.45) is -3.63. The third-order valence-corrected chi connectivity index (χ3v) is 6.88. The van der Waals surface area contributed by atoms with Gasteiger partial charge in [-0.15, -0.1) is 0 Å². The first-order chi connectivity index (χ1) is 16.3. The average molecular weight is 499 g/mol. The van der Waals surface area contributed by atoms with Gasteiger partial charge >= 0.3 is 6.18 Å². The minimum atomic E-state index is -4.71. The Morgan fingerprint density at radius 2 is 1.31 bits per heavy atom. The van der Waals surface area contributed by atoms with Crippen molar-refractivity contribution in [1.82, 2.24) is 9.78 Å². The topological polar surface area (TPSA) is 52.0 Å². The highest BCUT2D eigenvalue weighted by atomic mass is 32.2. The molecule has 0 bridgehead atoms. The summed E-state index contributed by atoms with van der Waals surface area (Å²) >= 11 is 0. The molecule has 0 saturated carbocycles. The lowest BCUT2D eigenvalue weighted by Gasteiger charge is -2.19. The molecule has 1 heterocycles. The Balaban J connectivity index is 2.04. The molecule has 3 aromatic carbocycles. The van der Waals surface area contributed by atoms with Gasteiger partial charge < -0.3 is 0 Å². The van der Waals surface area contributed by atoms with E-state index < -0.39 is 21.7 Å². The van der Waals surface area contributed by atoms with Gasteiger partial charge in [-0.1, -0.05) is 75.4 Å². The molecule has 4 nitrogen and oxygen atoms in total. The number of rotatable bonds is 4. The zero-order valence-electron chi connectivity index (χ0n) is 19.8. The maximum Gasteiger partial charge on any atom is 0.435 e. The van der Waals surface area contributed by atoms with Gasteiger partial charge in [0.2, 0.25) is 0 Å². The first-order valence-electron chi connectivity index (χ1n) is 10.9. The molecule has 0 unspecified atom stereocenters. The maximum atomic E-state index is 14.3. The summed E-state index contributed by atoms with van der Waals surface area (Å²) in [4.78, 5) is 0.0825. The van der Waals surface area contributed by atoms with Crippen LogP contribution in [0.25, 0.3) is 28.1 Å². The number of hydrogen-bond acceptors (Lipinski definition) is 3. The van der Waals surface area contributed by atoms with Crippen LogP contribution in [-0.4, -0.2) is 24.5 Å². The predicted molar refractivity (Wildman–Crippen MR) is 131 cm³/mol. The normalized spacial score (nSPS) is 12.7. The molecule has 182 valence electrons. The molecule has 0 amide bonds. The van der Waals surface area contributed by atoms with E-state index in [1.807, 2.05) is 32.9 Å². The van der Waals surface area contributed by atoms with Crippen LogP contribution < -0.4 is 0 Å². The smallest absolute Gasteiger partial charge is 0.232 e. The summed E-state index contributed by atoms with van der Waals surface area (Å²) in [5.41, 5.74) is 1.23. The van der Waals surface area contributed by atoms with Crippen molar-refractivity contribution in [3.8, 4) is 28.1 Å². The molecule has 0 spiro atoms. The molecule has 0 N–H and O–H groups in total. The van der Waals surface area contributed by atoms with Gasteiger partial charge in [0.15, 0.2) is 15.5 Å². The van der Waals surface area contributed by atoms with Crippen LogP contribution >= 0.6 is 0 Å². The number of alkyl halides is 3. The van der Waals surface area contributed by atoms with E-state index in [2.05, 4.69) is 5.10 Å². The molecule has 0 saturated heterocycles. The van der Waals surface area contributed by atoms with E-state index in [4.69, 9.17) is 0 Å². The quantitative estimate of drug-likeness (QED) is 0.307. The number of nitrogens with zero attached hydrogens (tertiary/aromatic N) is 2. The second kappa shape index (κ2) is 8.68. The molecule has 4 rings (SSSR count). The summed E-state index contributed by atoms with van der Waals surface area (Å²) < 4.78 is 68.0. The molecule has 8 heteroatoms. The zero-order valence-corrected chi connectivity index (χ0v) is 20.6. The van der Waals surface area contributed by atoms with Gasteiger partial charge in [-0.3, -0.25) is 0 Å². The van der Waals surface area contributed by atoms with Crippen molar-refractivity contribution in [2.24, 2.45) is 0 Å². The molecule has 0 aliphatic carbocycles. The number of sulfone groups is 1. The van der Waals surface area contributed by atoms with E-state index in [9.17, 15) is 21.6 Å². The lowest BCUT2D eigenvalue weighted by atomic mass is 9.86. The highest BCUT2D eigenvalue weighted by Gasteiger charge is 2.40. The molecule has 35 heavy (non-hydrogen) atoms. The number of hydrogen-bond donors (Lipinski definition) is 0. The third kappa shape index (κ3) is 5.03. The van der Waals surface area contributed by atoms with Crippen LogP contribution in [0.5, 0.6) is 0 Å². The molecule has 0 atom stereocenters. The average Bonchev–Trinajstić information content (AvgIpc) is 3.20. The molecule has 1 aromatic heterocycles. The highest BCUT2D eigenvalue weighted by Crippen LogP contribution is 2.44. The van der Waals surface area contributed by atoms with Gasteiger partial charge in [-0.05, 0) is 40.8 Å². The van der Waals surface area contributed by atoms with Crippen molar-refractivity contribution in [1.29, 1.82) is 0 Å². The number of aromatic nitrogens is 2. The zero-order chi connectivity index (χ0) is 25.6. The van der Waals surface area contributed by atoms with Crippen molar-refractivity contribution >= 4 is 9.84 Å². The summed E-state index contributed by atoms with van der Waals surface area (Å²) in [5, 5.41) is 4.02. The van der Waals surface area contributed by atoms with Crippen molar-refractivity contribution in [2.45, 2.75) is 37.3 Å². The minimum absolute atomic E-state index is 0.0612. The lowest BCUT2D eigenvalue weighted by molar-refractivity contribution is -0.140. The summed E-state index contributed by atoms with van der Waals surface area (Å²) in [5.74, 6) is 0. The Labute approximate surface area is 203 Å². The molecule has 0 radical (unpaired) electrons. The van der Waals surface area contributed by atoms with E-state index in [-0.39, 0.29) is 21.6 Å².